The standard InChI is InChI=1S/C35H41F3N8O3/c1-20-8-7-9-27-31(20)45(19-26-18-44-11-10-25(15-28(44)40-26)41-33(48)21(2)16-42(4)5)17-23-13-30(47)46(32(23)34(49)43(27)6)29-14-24(35(36,37)38)12-22(3)39-29/h7-9,12,14,18,23,25,32H,2,10-11,13,15-17,19H2,1,3-6H3,(H,41,48)/t23-,25+,32+/m1/s1. The van der Waals surface area contributed by atoms with Crippen molar-refractivity contribution in [2.75, 3.05) is 48.9 Å². The highest BCUT2D eigenvalue weighted by molar-refractivity contribution is 6.10. The minimum Gasteiger partial charge on any atom is -0.363 e. The van der Waals surface area contributed by atoms with Gasteiger partial charge in [0.1, 0.15) is 17.7 Å². The maximum atomic E-state index is 14.2. The van der Waals surface area contributed by atoms with Gasteiger partial charge in [-0.15, -0.1) is 0 Å². The number of benzene rings is 1. The molecule has 1 fully saturated rings. The summed E-state index contributed by atoms with van der Waals surface area (Å²) < 4.78 is 43.4. The number of imidazole rings is 1. The quantitative estimate of drug-likeness (QED) is 0.379. The molecule has 6 rings (SSSR count). The smallest absolute Gasteiger partial charge is 0.363 e. The van der Waals surface area contributed by atoms with Gasteiger partial charge in [0, 0.05) is 68.9 Å². The first kappa shape index (κ1) is 34.2. The van der Waals surface area contributed by atoms with E-state index in [1.165, 1.54) is 11.8 Å². The Morgan fingerprint density at radius 1 is 1.12 bits per heavy atom. The highest BCUT2D eigenvalue weighted by atomic mass is 19.4. The molecule has 0 aliphatic carbocycles. The average Bonchev–Trinajstić information content (AvgIpc) is 3.57. The third-order valence-electron chi connectivity index (χ3n) is 9.45. The monoisotopic (exact) mass is 678 g/mol. The fourth-order valence-electron chi connectivity index (χ4n) is 7.27. The van der Waals surface area contributed by atoms with Crippen LogP contribution in [0.3, 0.4) is 0 Å². The van der Waals surface area contributed by atoms with Gasteiger partial charge in [-0.25, -0.2) is 9.97 Å². The topological polar surface area (TPSA) is 107 Å². The molecule has 0 radical (unpaired) electrons. The van der Waals surface area contributed by atoms with Crippen LogP contribution in [-0.2, 0) is 40.1 Å². The van der Waals surface area contributed by atoms with Crippen molar-refractivity contribution in [3.63, 3.8) is 0 Å². The Bertz CT molecular complexity index is 1820. The van der Waals surface area contributed by atoms with Crippen LogP contribution in [-0.4, -0.2) is 83.5 Å². The first-order valence-electron chi connectivity index (χ1n) is 16.3. The van der Waals surface area contributed by atoms with Crippen molar-refractivity contribution < 1.29 is 27.6 Å². The van der Waals surface area contributed by atoms with Crippen molar-refractivity contribution in [3.05, 3.63) is 77.0 Å². The van der Waals surface area contributed by atoms with E-state index in [-0.39, 0.29) is 36.4 Å². The molecule has 5 heterocycles. The molecule has 3 aromatic rings. The minimum atomic E-state index is -4.64. The molecule has 1 saturated heterocycles. The molecule has 0 saturated carbocycles. The predicted molar refractivity (Wildman–Crippen MR) is 179 cm³/mol. The summed E-state index contributed by atoms with van der Waals surface area (Å²) in [4.78, 5) is 56.4. The molecular weight excluding hydrogens is 637 g/mol. The first-order valence-corrected chi connectivity index (χ1v) is 16.3. The summed E-state index contributed by atoms with van der Waals surface area (Å²) in [5, 5.41) is 3.09. The molecule has 3 atom stereocenters. The van der Waals surface area contributed by atoms with Crippen molar-refractivity contribution >= 4 is 34.9 Å². The molecule has 3 aliphatic rings. The lowest BCUT2D eigenvalue weighted by molar-refractivity contribution is -0.137. The molecule has 0 bridgehead atoms. The lowest BCUT2D eigenvalue weighted by atomic mass is 9.95. The Labute approximate surface area is 283 Å². The summed E-state index contributed by atoms with van der Waals surface area (Å²) in [6, 6.07) is 6.28. The van der Waals surface area contributed by atoms with Crippen molar-refractivity contribution in [3.8, 4) is 0 Å². The number of nitrogens with zero attached hydrogens (tertiary/aromatic N) is 7. The highest BCUT2D eigenvalue weighted by Crippen LogP contribution is 2.42. The summed E-state index contributed by atoms with van der Waals surface area (Å²) in [6.07, 6.45) is -1.36. The molecule has 2 aromatic heterocycles. The maximum Gasteiger partial charge on any atom is 0.416 e. The molecular formula is C35H41F3N8O3. The lowest BCUT2D eigenvalue weighted by Crippen LogP contribution is -2.52. The molecule has 1 aromatic carbocycles. The first-order chi connectivity index (χ1) is 23.1. The third-order valence-corrected chi connectivity index (χ3v) is 9.45. The number of anilines is 3. The van der Waals surface area contributed by atoms with Crippen LogP contribution in [0.25, 0.3) is 0 Å². The number of carbonyl (C=O) groups is 3. The fraction of sp³-hybridized carbons (Fsp3) is 0.457. The summed E-state index contributed by atoms with van der Waals surface area (Å²) in [5.74, 6) is -0.881. The average molecular weight is 679 g/mol. The van der Waals surface area contributed by atoms with Crippen LogP contribution >= 0.6 is 0 Å². The van der Waals surface area contributed by atoms with Crippen LogP contribution in [0.1, 0.15) is 41.2 Å². The van der Waals surface area contributed by atoms with E-state index >= 15 is 0 Å². The number of halogens is 3. The zero-order chi connectivity index (χ0) is 35.4. The lowest BCUT2D eigenvalue weighted by Gasteiger charge is -2.39. The van der Waals surface area contributed by atoms with Gasteiger partial charge in [0.25, 0.3) is 0 Å². The second-order valence-corrected chi connectivity index (χ2v) is 13.6. The van der Waals surface area contributed by atoms with E-state index in [1.54, 1.807) is 7.05 Å². The van der Waals surface area contributed by atoms with Crippen LogP contribution in [0.5, 0.6) is 0 Å². The van der Waals surface area contributed by atoms with Gasteiger partial charge >= 0.3 is 6.18 Å². The Hall–Kier alpha value is -4.72. The van der Waals surface area contributed by atoms with E-state index in [2.05, 4.69) is 26.3 Å². The van der Waals surface area contributed by atoms with Crippen LogP contribution in [0.4, 0.5) is 30.4 Å². The molecule has 14 heteroatoms. The van der Waals surface area contributed by atoms with Crippen LogP contribution in [0.2, 0.25) is 0 Å². The Morgan fingerprint density at radius 2 is 1.88 bits per heavy atom. The third kappa shape index (κ3) is 6.78. The molecule has 0 unspecified atom stereocenters. The Kier molecular flexibility index (Phi) is 9.03. The SMILES string of the molecule is C=C(CN(C)C)C(=O)N[C@H]1CCn2cc(CN3C[C@H]4CC(=O)N(c5cc(C(F)(F)F)cc(C)n5)[C@@H]4C(=O)N(C)c4cccc(C)c43)nc2C1. The largest absolute Gasteiger partial charge is 0.416 e. The van der Waals surface area contributed by atoms with Gasteiger partial charge in [-0.1, -0.05) is 18.7 Å². The van der Waals surface area contributed by atoms with E-state index in [4.69, 9.17) is 4.98 Å². The molecule has 260 valence electrons. The number of alkyl halides is 3. The molecule has 11 nitrogen and oxygen atoms in total. The number of hydrogen-bond acceptors (Lipinski definition) is 7. The number of fused-ring (bicyclic) bond motifs is 3. The number of para-hydroxylation sites is 1. The number of rotatable bonds is 7. The van der Waals surface area contributed by atoms with Crippen LogP contribution in [0, 0.1) is 19.8 Å². The number of hydrogen-bond donors (Lipinski definition) is 1. The maximum absolute atomic E-state index is 14.2. The number of aryl methyl sites for hydroxylation is 3. The molecule has 3 amide bonds. The fourth-order valence-corrected chi connectivity index (χ4v) is 7.27. The van der Waals surface area contributed by atoms with E-state index in [0.29, 0.717) is 37.3 Å². The number of amides is 3. The minimum absolute atomic E-state index is 0.0287. The second-order valence-electron chi connectivity index (χ2n) is 13.6. The zero-order valence-corrected chi connectivity index (χ0v) is 28.3. The normalized spacial score (nSPS) is 20.9. The summed E-state index contributed by atoms with van der Waals surface area (Å²) in [5.41, 5.74) is 2.83. The zero-order valence-electron chi connectivity index (χ0n) is 28.3. The van der Waals surface area contributed by atoms with Gasteiger partial charge in [0.05, 0.1) is 29.2 Å². The van der Waals surface area contributed by atoms with Crippen molar-refractivity contribution in [2.24, 2.45) is 5.92 Å². The van der Waals surface area contributed by atoms with Gasteiger partial charge < -0.3 is 24.6 Å². The summed E-state index contributed by atoms with van der Waals surface area (Å²) >= 11 is 0. The second kappa shape index (κ2) is 13.0. The molecule has 0 spiro atoms. The number of nitrogens with one attached hydrogen (secondary N) is 1. The molecule has 49 heavy (non-hydrogen) atoms. The van der Waals surface area contributed by atoms with Crippen molar-refractivity contribution in [1.29, 1.82) is 0 Å². The van der Waals surface area contributed by atoms with Crippen molar-refractivity contribution in [2.45, 2.75) is 64.5 Å². The van der Waals surface area contributed by atoms with E-state index in [9.17, 15) is 27.6 Å². The number of aromatic nitrogens is 3. The number of pyridine rings is 1. The van der Waals surface area contributed by atoms with E-state index in [1.807, 2.05) is 50.3 Å². The summed E-state index contributed by atoms with van der Waals surface area (Å²) in [6.45, 7) is 9.11. The Morgan fingerprint density at radius 3 is 2.59 bits per heavy atom. The van der Waals surface area contributed by atoms with Gasteiger partial charge in [-0.05, 0) is 58.1 Å². The van der Waals surface area contributed by atoms with Gasteiger partial charge in [-0.2, -0.15) is 13.2 Å². The van der Waals surface area contributed by atoms with E-state index < -0.39 is 35.5 Å². The van der Waals surface area contributed by atoms with Crippen LogP contribution in [0.15, 0.2) is 48.7 Å². The van der Waals surface area contributed by atoms with Gasteiger partial charge in [0.15, 0.2) is 0 Å². The highest BCUT2D eigenvalue weighted by Gasteiger charge is 2.49. The molecule has 3 aliphatic heterocycles. The summed E-state index contributed by atoms with van der Waals surface area (Å²) in [7, 11) is 5.40. The van der Waals surface area contributed by atoms with Gasteiger partial charge in [-0.3, -0.25) is 19.3 Å². The van der Waals surface area contributed by atoms with Gasteiger partial charge in [0.2, 0.25) is 17.7 Å². The van der Waals surface area contributed by atoms with E-state index in [0.717, 1.165) is 46.2 Å². The Balaban J connectivity index is 1.30. The van der Waals surface area contributed by atoms with Crippen LogP contribution < -0.4 is 20.0 Å². The number of likely N-dealkylation sites (N-methyl/N-ethyl adjacent to an activating group) is 2. The number of carbonyl (C=O) groups excluding carboxylic acids is 3. The predicted octanol–water partition coefficient (Wildman–Crippen LogP) is 3.87. The van der Waals surface area contributed by atoms with Crippen molar-refractivity contribution in [1.82, 2.24) is 24.8 Å². The molecule has 1 N–H and O–H groups in total.